The summed E-state index contributed by atoms with van der Waals surface area (Å²) >= 11 is 5.79. The molecule has 1 unspecified atom stereocenters. The average Bonchev–Trinajstić information content (AvgIpc) is 3.50. The predicted molar refractivity (Wildman–Crippen MR) is 141 cm³/mol. The van der Waals surface area contributed by atoms with Crippen LogP contribution in [0.5, 0.6) is 0 Å². The van der Waals surface area contributed by atoms with Crippen molar-refractivity contribution in [3.8, 4) is 23.1 Å². The van der Waals surface area contributed by atoms with Crippen LogP contribution in [0.1, 0.15) is 41.1 Å². The molecule has 3 aromatic heterocycles. The minimum atomic E-state index is -3.00. The third-order valence-electron chi connectivity index (χ3n) is 6.84. The summed E-state index contributed by atoms with van der Waals surface area (Å²) in [5.41, 5.74) is -0.789. The minimum Gasteiger partial charge on any atom is -0.318 e. The number of alkyl halides is 2. The van der Waals surface area contributed by atoms with E-state index in [2.05, 4.69) is 42.2 Å². The summed E-state index contributed by atoms with van der Waals surface area (Å²) in [5, 5.41) is 6.51. The lowest BCUT2D eigenvalue weighted by Crippen LogP contribution is -2.27. The predicted octanol–water partition coefficient (Wildman–Crippen LogP) is 4.32. The van der Waals surface area contributed by atoms with E-state index in [1.165, 1.54) is 12.4 Å². The average molecular weight is 579 g/mol. The zero-order chi connectivity index (χ0) is 28.8. The summed E-state index contributed by atoms with van der Waals surface area (Å²) in [4.78, 5) is 43.6. The van der Waals surface area contributed by atoms with Gasteiger partial charge in [0.25, 0.3) is 12.3 Å². The number of rotatable bonds is 7. The highest BCUT2D eigenvalue weighted by Gasteiger charge is 2.43. The number of carbonyl (C=O) groups excluding carboxylic acids is 2. The minimum absolute atomic E-state index is 0.0437. The lowest BCUT2D eigenvalue weighted by atomic mass is 9.89. The van der Waals surface area contributed by atoms with E-state index in [-0.39, 0.29) is 40.2 Å². The van der Waals surface area contributed by atoms with Gasteiger partial charge in [0.05, 0.1) is 65.0 Å². The number of amides is 2. The molecule has 1 aliphatic carbocycles. The van der Waals surface area contributed by atoms with Crippen LogP contribution < -0.4 is 10.2 Å². The first-order valence-electron chi connectivity index (χ1n) is 12.3. The molecule has 206 valence electrons. The molecule has 0 radical (unpaired) electrons. The summed E-state index contributed by atoms with van der Waals surface area (Å²) in [6, 6.07) is 1.65. The monoisotopic (exact) mass is 578 g/mol. The highest BCUT2D eigenvalue weighted by atomic mass is 35.5. The van der Waals surface area contributed by atoms with Crippen molar-refractivity contribution in [1.29, 1.82) is 0 Å². The van der Waals surface area contributed by atoms with Gasteiger partial charge in [-0.2, -0.15) is 5.10 Å². The fourth-order valence-electron chi connectivity index (χ4n) is 4.57. The summed E-state index contributed by atoms with van der Waals surface area (Å²) in [6.45, 7) is 2.32. The molecule has 1 fully saturated rings. The van der Waals surface area contributed by atoms with Gasteiger partial charge in [-0.05, 0) is 13.0 Å². The molecule has 6 rings (SSSR count). The van der Waals surface area contributed by atoms with Crippen LogP contribution in [0.4, 0.5) is 24.7 Å². The number of carbonyl (C=O) groups is 2. The maximum atomic E-state index is 14.7. The molecule has 2 aliphatic rings. The second-order valence-electron chi connectivity index (χ2n) is 9.38. The third kappa shape index (κ3) is 4.76. The first-order valence-corrected chi connectivity index (χ1v) is 12.7. The molecule has 0 spiro atoms. The summed E-state index contributed by atoms with van der Waals surface area (Å²) in [6.07, 6.45) is 5.22. The van der Waals surface area contributed by atoms with E-state index in [1.807, 2.05) is 6.92 Å². The quantitative estimate of drug-likeness (QED) is 0.324. The molecule has 2 amide bonds. The Morgan fingerprint density at radius 1 is 1.15 bits per heavy atom. The van der Waals surface area contributed by atoms with Crippen molar-refractivity contribution >= 4 is 34.9 Å². The molecule has 1 N–H and O–H groups in total. The van der Waals surface area contributed by atoms with Crippen LogP contribution in [0.3, 0.4) is 0 Å². The highest BCUT2D eigenvalue weighted by molar-refractivity contribution is 6.31. The van der Waals surface area contributed by atoms with Gasteiger partial charge in [-0.15, -0.1) is 0 Å². The molecular formula is C27H18ClF3N8O2. The molecule has 1 aliphatic heterocycles. The van der Waals surface area contributed by atoms with E-state index >= 15 is 0 Å². The number of aromatic nitrogens is 6. The van der Waals surface area contributed by atoms with Crippen LogP contribution in [0.25, 0.3) is 11.3 Å². The summed E-state index contributed by atoms with van der Waals surface area (Å²) < 4.78 is 43.3. The maximum Gasteiger partial charge on any atom is 0.275 e. The number of fused-ring (bicyclic) bond motifs is 1. The topological polar surface area (TPSA) is 119 Å². The number of halogens is 4. The second-order valence-corrected chi connectivity index (χ2v) is 9.78. The van der Waals surface area contributed by atoms with Gasteiger partial charge in [-0.3, -0.25) is 29.1 Å². The molecule has 3 atom stereocenters. The van der Waals surface area contributed by atoms with Gasteiger partial charge in [0, 0.05) is 23.9 Å². The molecule has 10 nitrogen and oxygen atoms in total. The van der Waals surface area contributed by atoms with Crippen molar-refractivity contribution in [3.05, 3.63) is 77.1 Å². The lowest BCUT2D eigenvalue weighted by Gasteiger charge is -2.16. The van der Waals surface area contributed by atoms with Gasteiger partial charge in [0.2, 0.25) is 5.91 Å². The SMILES string of the molecule is CC(c1cnc(N2C[C@H]3C#C[C@H]3C2=O)cn1)n1cc(NC(=O)c2cncc(-c3c(C(F)F)ccc(Cl)c3F)n2)cn1. The van der Waals surface area contributed by atoms with E-state index in [9.17, 15) is 22.8 Å². The maximum absolute atomic E-state index is 14.7. The fraction of sp³-hybridized carbons (Fsp3) is 0.222. The normalized spacial score (nSPS) is 18.0. The Morgan fingerprint density at radius 2 is 1.98 bits per heavy atom. The molecule has 0 saturated carbocycles. The Morgan fingerprint density at radius 3 is 2.63 bits per heavy atom. The Hall–Kier alpha value is -4.83. The standard InChI is InChI=1S/C27H18ClF3N8O2/c1-13(19-9-34-22(10-33-19)38-11-14-2-3-16(14)27(38)41)39-12-15(6-35-39)36-26(40)21-8-32-7-20(37-21)23-17(25(30)31)4-5-18(28)24(23)29/h4-10,12-14,16,25H,11H2,1H3,(H,36,40)/t13?,14-,16-/m1/s1. The Labute approximate surface area is 235 Å². The third-order valence-corrected chi connectivity index (χ3v) is 7.13. The molecular weight excluding hydrogens is 561 g/mol. The smallest absolute Gasteiger partial charge is 0.275 e. The van der Waals surface area contributed by atoms with E-state index < -0.39 is 29.3 Å². The largest absolute Gasteiger partial charge is 0.318 e. The van der Waals surface area contributed by atoms with Crippen molar-refractivity contribution in [3.63, 3.8) is 0 Å². The molecule has 1 aromatic carbocycles. The molecule has 14 heteroatoms. The lowest BCUT2D eigenvalue weighted by molar-refractivity contribution is -0.119. The number of nitrogens with zero attached hydrogens (tertiary/aromatic N) is 7. The number of nitrogens with one attached hydrogen (secondary N) is 1. The fourth-order valence-corrected chi connectivity index (χ4v) is 4.72. The number of hydrogen-bond donors (Lipinski definition) is 1. The Balaban J connectivity index is 1.16. The van der Waals surface area contributed by atoms with Crippen LogP contribution in [0.15, 0.2) is 49.3 Å². The molecule has 4 heterocycles. The van der Waals surface area contributed by atoms with E-state index in [4.69, 9.17) is 11.6 Å². The van der Waals surface area contributed by atoms with Crippen LogP contribution in [0, 0.1) is 29.5 Å². The molecule has 1 saturated heterocycles. The summed E-state index contributed by atoms with van der Waals surface area (Å²) in [7, 11) is 0. The van der Waals surface area contributed by atoms with Crippen LogP contribution in [-0.2, 0) is 4.79 Å². The zero-order valence-electron chi connectivity index (χ0n) is 21.1. The van der Waals surface area contributed by atoms with Crippen molar-refractivity contribution in [1.82, 2.24) is 29.7 Å². The highest BCUT2D eigenvalue weighted by Crippen LogP contribution is 2.35. The van der Waals surface area contributed by atoms with E-state index in [0.717, 1.165) is 24.5 Å². The van der Waals surface area contributed by atoms with E-state index in [1.54, 1.807) is 22.0 Å². The van der Waals surface area contributed by atoms with Crippen LogP contribution in [-0.4, -0.2) is 48.1 Å². The molecule has 4 aromatic rings. The first kappa shape index (κ1) is 26.4. The molecule has 41 heavy (non-hydrogen) atoms. The van der Waals surface area contributed by atoms with Gasteiger partial charge >= 0.3 is 0 Å². The number of benzene rings is 1. The second kappa shape index (κ2) is 10.3. The first-order chi connectivity index (χ1) is 19.7. The van der Waals surface area contributed by atoms with Gasteiger partial charge in [-0.1, -0.05) is 29.5 Å². The Kier molecular flexibility index (Phi) is 6.63. The summed E-state index contributed by atoms with van der Waals surface area (Å²) in [5.74, 6) is 4.20. The Bertz CT molecular complexity index is 1750. The zero-order valence-corrected chi connectivity index (χ0v) is 21.9. The van der Waals surface area contributed by atoms with E-state index in [0.29, 0.717) is 23.7 Å². The van der Waals surface area contributed by atoms with Crippen molar-refractivity contribution < 1.29 is 22.8 Å². The van der Waals surface area contributed by atoms with Crippen LogP contribution >= 0.6 is 11.6 Å². The number of anilines is 2. The number of hydrogen-bond acceptors (Lipinski definition) is 7. The van der Waals surface area contributed by atoms with Gasteiger partial charge in [-0.25, -0.2) is 23.1 Å². The van der Waals surface area contributed by atoms with Gasteiger partial charge < -0.3 is 5.32 Å². The van der Waals surface area contributed by atoms with Crippen molar-refractivity contribution in [2.24, 2.45) is 11.8 Å². The van der Waals surface area contributed by atoms with Crippen molar-refractivity contribution in [2.45, 2.75) is 19.4 Å². The van der Waals surface area contributed by atoms with Crippen molar-refractivity contribution in [2.75, 3.05) is 16.8 Å². The molecule has 0 bridgehead atoms. The van der Waals surface area contributed by atoms with Gasteiger partial charge in [0.15, 0.2) is 11.6 Å². The van der Waals surface area contributed by atoms with Crippen LogP contribution in [0.2, 0.25) is 5.02 Å². The van der Waals surface area contributed by atoms with Gasteiger partial charge in [0.1, 0.15) is 11.6 Å².